The number of nitrogens with zero attached hydrogens (tertiary/aromatic N) is 7. The number of likely N-dealkylation sites (tertiary alicyclic amines) is 1. The van der Waals surface area contributed by atoms with Crippen molar-refractivity contribution < 1.29 is 0 Å². The van der Waals surface area contributed by atoms with Gasteiger partial charge >= 0.3 is 0 Å². The van der Waals surface area contributed by atoms with Gasteiger partial charge in [-0.15, -0.1) is 11.8 Å². The van der Waals surface area contributed by atoms with Crippen LogP contribution in [0.15, 0.2) is 109 Å². The predicted octanol–water partition coefficient (Wildman–Crippen LogP) is 21.6. The summed E-state index contributed by atoms with van der Waals surface area (Å²) in [6.45, 7) is 39.5. The van der Waals surface area contributed by atoms with E-state index in [9.17, 15) is 0 Å². The Morgan fingerprint density at radius 2 is 1.11 bits per heavy atom. The molecule has 8 nitrogen and oxygen atoms in total. The quantitative estimate of drug-likeness (QED) is 0.0421. The van der Waals surface area contributed by atoms with Crippen LogP contribution in [0.2, 0.25) is 0 Å². The Kier molecular flexibility index (Phi) is 72.8. The fraction of sp³-hybridized carbons (Fsp3) is 0.707. The first-order valence-electron chi connectivity index (χ1n) is 34.5. The van der Waals surface area contributed by atoms with Gasteiger partial charge in [-0.1, -0.05) is 240 Å². The molecule has 4 heterocycles. The van der Waals surface area contributed by atoms with Crippen molar-refractivity contribution in [2.45, 2.75) is 281 Å². The van der Waals surface area contributed by atoms with Crippen LogP contribution in [-0.2, 0) is 19.4 Å². The van der Waals surface area contributed by atoms with Gasteiger partial charge in [-0.3, -0.25) is 0 Å². The highest BCUT2D eigenvalue weighted by Crippen LogP contribution is 2.17. The molecule has 84 heavy (non-hydrogen) atoms. The van der Waals surface area contributed by atoms with Crippen molar-refractivity contribution in [3.63, 3.8) is 0 Å². The summed E-state index contributed by atoms with van der Waals surface area (Å²) < 4.78 is 4.12. The molecule has 1 aliphatic carbocycles. The molecule has 0 bridgehead atoms. The van der Waals surface area contributed by atoms with Crippen LogP contribution in [-0.4, -0.2) is 113 Å². The Morgan fingerprint density at radius 3 is 1.50 bits per heavy atom. The summed E-state index contributed by atoms with van der Waals surface area (Å²) >= 11 is 1.78. The van der Waals surface area contributed by atoms with E-state index in [1.807, 2.05) is 47.4 Å². The maximum absolute atomic E-state index is 4.25. The van der Waals surface area contributed by atoms with Crippen LogP contribution < -0.4 is 5.32 Å². The van der Waals surface area contributed by atoms with Gasteiger partial charge in [-0.25, -0.2) is 9.97 Å². The zero-order valence-corrected chi connectivity index (χ0v) is 60.1. The van der Waals surface area contributed by atoms with Gasteiger partial charge in [0.25, 0.3) is 0 Å². The number of fused-ring (bicyclic) bond motifs is 1. The molecule has 0 amide bonds. The van der Waals surface area contributed by atoms with Crippen molar-refractivity contribution in [3.05, 3.63) is 121 Å². The third-order valence-electron chi connectivity index (χ3n) is 14.1. The van der Waals surface area contributed by atoms with E-state index in [4.69, 9.17) is 0 Å². The number of aryl methyl sites for hydroxylation is 4. The second kappa shape index (κ2) is 70.3. The Morgan fingerprint density at radius 1 is 0.548 bits per heavy atom. The molecule has 7 rings (SSSR count). The minimum Gasteiger partial charge on any atom is -0.338 e. The molecule has 1 aliphatic heterocycles. The van der Waals surface area contributed by atoms with Crippen molar-refractivity contribution in [2.75, 3.05) is 73.7 Å². The molecule has 5 aromatic rings. The number of aromatic nitrogens is 4. The van der Waals surface area contributed by atoms with Crippen LogP contribution in [0.25, 0.3) is 5.65 Å². The molecule has 0 atom stereocenters. The number of rotatable bonds is 22. The van der Waals surface area contributed by atoms with E-state index in [0.717, 1.165) is 31.1 Å². The number of hydrogen-bond acceptors (Lipinski definition) is 7. The number of unbranched alkanes of at least 4 members (excludes halogenated alkanes) is 9. The van der Waals surface area contributed by atoms with Crippen molar-refractivity contribution in [1.82, 2.24) is 39.0 Å². The van der Waals surface area contributed by atoms with Crippen LogP contribution in [0, 0.1) is 6.92 Å². The number of nitrogens with one attached hydrogen (secondary N) is 1. The maximum Gasteiger partial charge on any atom is 0.136 e. The first kappa shape index (κ1) is 87.0. The highest BCUT2D eigenvalue weighted by molar-refractivity contribution is 7.98. The summed E-state index contributed by atoms with van der Waals surface area (Å²) in [5.74, 6) is 0. The Hall–Kier alpha value is -3.47. The fourth-order valence-electron chi connectivity index (χ4n) is 8.60. The monoisotopic (exact) mass is 1190 g/mol. The van der Waals surface area contributed by atoms with Gasteiger partial charge in [0.05, 0.1) is 6.33 Å². The zero-order chi connectivity index (χ0) is 63.5. The first-order chi connectivity index (χ1) is 40.8. The van der Waals surface area contributed by atoms with E-state index < -0.39 is 0 Å². The second-order valence-electron chi connectivity index (χ2n) is 22.5. The summed E-state index contributed by atoms with van der Waals surface area (Å²) in [7, 11) is 8.46. The van der Waals surface area contributed by atoms with Crippen LogP contribution in [0.4, 0.5) is 0 Å². The number of hydrogen-bond donors (Lipinski definition) is 1. The summed E-state index contributed by atoms with van der Waals surface area (Å²) in [6.07, 6.45) is 46.9. The molecule has 1 saturated carbocycles. The Labute approximate surface area is 529 Å². The molecular weight excluding hydrogens is 1040 g/mol. The van der Waals surface area contributed by atoms with Crippen LogP contribution >= 0.6 is 11.8 Å². The van der Waals surface area contributed by atoms with Crippen molar-refractivity contribution >= 4 is 17.4 Å². The van der Waals surface area contributed by atoms with Gasteiger partial charge in [0.2, 0.25) is 0 Å². The molecule has 488 valence electrons. The summed E-state index contributed by atoms with van der Waals surface area (Å²) in [4.78, 5) is 16.6. The molecule has 9 heteroatoms. The highest BCUT2D eigenvalue weighted by atomic mass is 32.2. The van der Waals surface area contributed by atoms with E-state index in [-0.39, 0.29) is 0 Å². The lowest BCUT2D eigenvalue weighted by Gasteiger charge is -2.14. The minimum absolute atomic E-state index is 0.826. The van der Waals surface area contributed by atoms with Gasteiger partial charge in [0.1, 0.15) is 5.65 Å². The van der Waals surface area contributed by atoms with E-state index in [2.05, 4.69) is 214 Å². The fourth-order valence-corrected chi connectivity index (χ4v) is 9.01. The average Bonchev–Trinajstić information content (AvgIpc) is 4.44. The number of thioether (sulfide) groups is 1. The van der Waals surface area contributed by atoms with E-state index in [1.54, 1.807) is 24.3 Å². The largest absolute Gasteiger partial charge is 0.338 e. The molecule has 2 aromatic carbocycles. The topological polar surface area (TPSA) is 56.9 Å². The lowest BCUT2D eigenvalue weighted by molar-refractivity contribution is 0.326. The molecule has 0 spiro atoms. The molecular formula is C75H142N8S. The zero-order valence-electron chi connectivity index (χ0n) is 59.3. The normalized spacial score (nSPS) is 12.3. The lowest BCUT2D eigenvalue weighted by Crippen LogP contribution is -2.23. The molecule has 0 radical (unpaired) electrons. The van der Waals surface area contributed by atoms with Gasteiger partial charge in [-0.05, 0) is 182 Å². The van der Waals surface area contributed by atoms with Crippen molar-refractivity contribution in [2.24, 2.45) is 0 Å². The number of pyridine rings is 1. The SMILES string of the molecule is CCCC.CCCCC.CCCCCCC.CCCCCN(C)CCC.CCCN(C)C.CCCN1CCCC1.CCc1ccccc1.CCc1cnc2ccccn12.CCn1ccnc1.CNC1CCCCCC1.CSc1ccc(C)cc1. The smallest absolute Gasteiger partial charge is 0.136 e. The summed E-state index contributed by atoms with van der Waals surface area (Å²) in [5, 5.41) is 3.34. The standard InChI is InChI=1S/C9H10N2.C9H21N.C8H17N.C8H10S.C8H10.C7H15N.C7H16.C5H8N2.C5H13N.C5H12.C4H10/c1-2-8-7-10-9-5-3-4-6-11(8)9;1-4-6-7-9-10(3)8-5-2;1-9-8-6-4-2-3-5-7-8;1-7-3-5-8(9-2)6-4-7;1-2-8-6-4-3-5-7-8;1-2-5-8-6-3-4-7-8;1-3-5-7-6-4-2;1-2-7-4-3-6-5-7;1-4-5-6(2)3;1-3-5-4-2;1-3-4-2/h3-7H,2H2,1H3;4-9H2,1-3H3;8-9H,2-7H2,1H3;3-6H,1-2H3;3-7H,2H2,1H3;2-7H2,1H3;3-7H2,1-2H3;3-5H,2H2,1H3;4-5H2,1-3H3;3-5H2,1-2H3;3-4H2,1-2H3. The Bertz CT molecular complexity index is 1890. The molecule has 0 unspecified atom stereocenters. The Balaban J connectivity index is -0.000000423. The second-order valence-corrected chi connectivity index (χ2v) is 23.4. The van der Waals surface area contributed by atoms with Gasteiger partial charge in [0.15, 0.2) is 0 Å². The molecule has 3 aromatic heterocycles. The van der Waals surface area contributed by atoms with Gasteiger partial charge in [-0.2, -0.15) is 0 Å². The van der Waals surface area contributed by atoms with Crippen LogP contribution in [0.1, 0.15) is 261 Å². The van der Waals surface area contributed by atoms with Crippen LogP contribution in [0.3, 0.4) is 0 Å². The maximum atomic E-state index is 4.25. The number of benzene rings is 2. The summed E-state index contributed by atoms with van der Waals surface area (Å²) in [6, 6.07) is 25.9. The van der Waals surface area contributed by atoms with Gasteiger partial charge < -0.3 is 29.0 Å². The molecule has 2 aliphatic rings. The van der Waals surface area contributed by atoms with Crippen LogP contribution in [0.5, 0.6) is 0 Å². The third-order valence-corrected chi connectivity index (χ3v) is 14.9. The molecule has 1 N–H and O–H groups in total. The molecule has 1 saturated heterocycles. The van der Waals surface area contributed by atoms with Crippen molar-refractivity contribution in [1.29, 1.82) is 0 Å². The predicted molar refractivity (Wildman–Crippen MR) is 384 cm³/mol. The lowest BCUT2D eigenvalue weighted by atomic mass is 10.1. The summed E-state index contributed by atoms with van der Waals surface area (Å²) in [5.41, 5.74) is 5.03. The highest BCUT2D eigenvalue weighted by Gasteiger charge is 2.09. The first-order valence-corrected chi connectivity index (χ1v) is 35.8. The number of imidazole rings is 2. The van der Waals surface area contributed by atoms with E-state index in [1.165, 1.54) is 215 Å². The van der Waals surface area contributed by atoms with Crippen molar-refractivity contribution in [3.8, 4) is 0 Å². The van der Waals surface area contributed by atoms with Gasteiger partial charge in [0, 0.05) is 48.0 Å². The van der Waals surface area contributed by atoms with E-state index >= 15 is 0 Å². The third kappa shape index (κ3) is 60.2. The molecule has 2 fully saturated rings. The minimum atomic E-state index is 0.826. The van der Waals surface area contributed by atoms with E-state index in [0.29, 0.717) is 0 Å². The average molecular weight is 1190 g/mol.